The zero-order valence-electron chi connectivity index (χ0n) is 5.30. The molecule has 0 aliphatic carbocycles. The monoisotopic (exact) mass is 246 g/mol. The lowest BCUT2D eigenvalue weighted by Gasteiger charge is -1.87. The van der Waals surface area contributed by atoms with Crippen molar-refractivity contribution >= 4 is 49.8 Å². The fourth-order valence-corrected chi connectivity index (χ4v) is 2.16. The topological polar surface area (TPSA) is 28.7 Å². The van der Waals surface area contributed by atoms with Gasteiger partial charge in [0, 0.05) is 10.7 Å². The van der Waals surface area contributed by atoms with Gasteiger partial charge in [0.25, 0.3) is 0 Å². The van der Waals surface area contributed by atoms with Gasteiger partial charge in [-0.25, -0.2) is 4.98 Å². The molecule has 0 radical (unpaired) electrons. The smallest absolute Gasteiger partial charge is 0.160 e. The van der Waals surface area contributed by atoms with Gasteiger partial charge in [-0.05, 0) is 34.2 Å². The molecule has 2 aromatic heterocycles. The quantitative estimate of drug-likeness (QED) is 0.724. The molecule has 0 fully saturated rings. The lowest BCUT2D eigenvalue weighted by atomic mass is 10.5. The minimum absolute atomic E-state index is 0.769. The molecule has 2 nitrogen and oxygen atoms in total. The van der Waals surface area contributed by atoms with Crippen LogP contribution in [0.1, 0.15) is 0 Å². The van der Waals surface area contributed by atoms with E-state index in [-0.39, 0.29) is 0 Å². The highest BCUT2D eigenvalue weighted by Gasteiger charge is 1.97. The van der Waals surface area contributed by atoms with Crippen molar-refractivity contribution in [2.75, 3.05) is 0 Å². The third-order valence-electron chi connectivity index (χ3n) is 1.24. The van der Waals surface area contributed by atoms with Gasteiger partial charge >= 0.3 is 0 Å². The van der Waals surface area contributed by atoms with E-state index in [1.54, 1.807) is 6.20 Å². The second kappa shape index (κ2) is 2.66. The van der Waals surface area contributed by atoms with Gasteiger partial charge in [0.15, 0.2) is 3.95 Å². The molecular formula is C6H3BrN2S2. The van der Waals surface area contributed by atoms with E-state index in [0.29, 0.717) is 0 Å². The van der Waals surface area contributed by atoms with Crippen molar-refractivity contribution in [3.8, 4) is 0 Å². The Bertz CT molecular complexity index is 445. The molecule has 2 rings (SSSR count). The minimum atomic E-state index is 0.769. The van der Waals surface area contributed by atoms with Gasteiger partial charge in [-0.2, -0.15) is 0 Å². The van der Waals surface area contributed by atoms with E-state index in [1.165, 1.54) is 11.3 Å². The van der Waals surface area contributed by atoms with Crippen LogP contribution >= 0.6 is 39.5 Å². The zero-order valence-corrected chi connectivity index (χ0v) is 8.52. The lowest BCUT2D eigenvalue weighted by Crippen LogP contribution is -1.72. The van der Waals surface area contributed by atoms with Crippen molar-refractivity contribution in [1.82, 2.24) is 9.97 Å². The van der Waals surface area contributed by atoms with Crippen molar-refractivity contribution in [3.63, 3.8) is 0 Å². The summed E-state index contributed by atoms with van der Waals surface area (Å²) in [6.07, 6.45) is 1.77. The zero-order chi connectivity index (χ0) is 7.84. The van der Waals surface area contributed by atoms with Gasteiger partial charge in [-0.15, -0.1) is 0 Å². The summed E-state index contributed by atoms with van der Waals surface area (Å²) in [6, 6.07) is 1.97. The van der Waals surface area contributed by atoms with E-state index in [0.717, 1.165) is 18.8 Å². The highest BCUT2D eigenvalue weighted by molar-refractivity contribution is 9.10. The molecule has 0 aromatic carbocycles. The Labute approximate surface area is 80.4 Å². The van der Waals surface area contributed by atoms with Gasteiger partial charge in [0.2, 0.25) is 0 Å². The third-order valence-corrected chi connectivity index (χ3v) is 2.84. The standard InChI is InChI=1S/C6H3BrN2S2/c7-3-1-4-5(8-2-3)11-6(10)9-4/h1-2H,(H,9,10). The molecule has 0 saturated carbocycles. The summed E-state index contributed by atoms with van der Waals surface area (Å²) in [5.74, 6) is 0. The number of rotatable bonds is 0. The Hall–Kier alpha value is -0.260. The van der Waals surface area contributed by atoms with Gasteiger partial charge in [0.1, 0.15) is 4.83 Å². The Balaban J connectivity index is 2.92. The molecule has 11 heavy (non-hydrogen) atoms. The van der Waals surface area contributed by atoms with Crippen LogP contribution in [-0.2, 0) is 0 Å². The number of halogens is 1. The minimum Gasteiger partial charge on any atom is -0.336 e. The number of hydrogen-bond acceptors (Lipinski definition) is 3. The number of thiazole rings is 1. The van der Waals surface area contributed by atoms with E-state index in [4.69, 9.17) is 12.2 Å². The van der Waals surface area contributed by atoms with E-state index >= 15 is 0 Å². The van der Waals surface area contributed by atoms with Crippen LogP contribution in [0.2, 0.25) is 0 Å². The average Bonchev–Trinajstić information content (AvgIpc) is 2.27. The van der Waals surface area contributed by atoms with E-state index in [1.807, 2.05) is 6.07 Å². The molecule has 5 heteroatoms. The summed E-state index contributed by atoms with van der Waals surface area (Å²) in [5, 5.41) is 0. The Morgan fingerprint density at radius 1 is 1.64 bits per heavy atom. The van der Waals surface area contributed by atoms with Crippen LogP contribution in [-0.4, -0.2) is 9.97 Å². The number of aromatic amines is 1. The van der Waals surface area contributed by atoms with Crippen molar-refractivity contribution in [2.45, 2.75) is 0 Å². The van der Waals surface area contributed by atoms with Gasteiger partial charge < -0.3 is 4.98 Å². The number of nitrogens with zero attached hydrogens (tertiary/aromatic N) is 1. The van der Waals surface area contributed by atoms with Crippen LogP contribution in [0.3, 0.4) is 0 Å². The predicted molar refractivity (Wildman–Crippen MR) is 52.5 cm³/mol. The molecule has 2 heterocycles. The Morgan fingerprint density at radius 3 is 3.27 bits per heavy atom. The number of hydrogen-bond donors (Lipinski definition) is 1. The van der Waals surface area contributed by atoms with E-state index in [2.05, 4.69) is 25.9 Å². The third kappa shape index (κ3) is 1.36. The van der Waals surface area contributed by atoms with Crippen LogP contribution in [0.25, 0.3) is 10.3 Å². The fourth-order valence-electron chi connectivity index (χ4n) is 0.821. The molecule has 0 saturated heterocycles. The number of pyridine rings is 1. The number of fused-ring (bicyclic) bond motifs is 1. The highest BCUT2D eigenvalue weighted by Crippen LogP contribution is 2.19. The first kappa shape index (κ1) is 7.39. The fraction of sp³-hybridized carbons (Fsp3) is 0. The second-order valence-corrected chi connectivity index (χ2v) is 4.60. The summed E-state index contributed by atoms with van der Waals surface area (Å²) < 4.78 is 1.74. The maximum Gasteiger partial charge on any atom is 0.160 e. The van der Waals surface area contributed by atoms with Gasteiger partial charge in [-0.3, -0.25) is 0 Å². The Kier molecular flexibility index (Phi) is 1.78. The summed E-state index contributed by atoms with van der Waals surface area (Å²) in [6.45, 7) is 0. The molecule has 0 aliphatic heterocycles. The van der Waals surface area contributed by atoms with Crippen LogP contribution in [0, 0.1) is 3.95 Å². The first-order valence-corrected chi connectivity index (χ1v) is 4.92. The van der Waals surface area contributed by atoms with Crippen LogP contribution in [0.15, 0.2) is 16.7 Å². The normalized spacial score (nSPS) is 10.6. The van der Waals surface area contributed by atoms with Crippen LogP contribution < -0.4 is 0 Å². The van der Waals surface area contributed by atoms with Crippen LogP contribution in [0.4, 0.5) is 0 Å². The van der Waals surface area contributed by atoms with Crippen molar-refractivity contribution in [3.05, 3.63) is 20.7 Å². The maximum absolute atomic E-state index is 4.96. The molecular weight excluding hydrogens is 244 g/mol. The molecule has 2 aromatic rings. The van der Waals surface area contributed by atoms with E-state index < -0.39 is 0 Å². The number of H-pyrrole nitrogens is 1. The summed E-state index contributed by atoms with van der Waals surface area (Å²) >= 11 is 9.78. The largest absolute Gasteiger partial charge is 0.336 e. The van der Waals surface area contributed by atoms with Crippen LogP contribution in [0.5, 0.6) is 0 Å². The first-order valence-electron chi connectivity index (χ1n) is 2.90. The summed E-state index contributed by atoms with van der Waals surface area (Å²) in [5.41, 5.74) is 0.995. The molecule has 0 unspecified atom stereocenters. The average molecular weight is 247 g/mol. The second-order valence-electron chi connectivity index (χ2n) is 2.02. The number of aromatic nitrogens is 2. The predicted octanol–water partition coefficient (Wildman–Crippen LogP) is 3.12. The van der Waals surface area contributed by atoms with Crippen molar-refractivity contribution in [1.29, 1.82) is 0 Å². The van der Waals surface area contributed by atoms with Gasteiger partial charge in [-0.1, -0.05) is 11.3 Å². The van der Waals surface area contributed by atoms with Gasteiger partial charge in [0.05, 0.1) is 5.52 Å². The Morgan fingerprint density at radius 2 is 2.45 bits per heavy atom. The SMILES string of the molecule is S=c1[nH]c2cc(Br)cnc2s1. The molecule has 0 atom stereocenters. The summed E-state index contributed by atoms with van der Waals surface area (Å²) in [7, 11) is 0. The lowest BCUT2D eigenvalue weighted by molar-refractivity contribution is 1.38. The molecule has 0 bridgehead atoms. The summed E-state index contributed by atoms with van der Waals surface area (Å²) in [4.78, 5) is 8.17. The molecule has 0 amide bonds. The molecule has 0 spiro atoms. The molecule has 1 N–H and O–H groups in total. The molecule has 56 valence electrons. The van der Waals surface area contributed by atoms with E-state index in [9.17, 15) is 0 Å². The van der Waals surface area contributed by atoms with Crippen molar-refractivity contribution in [2.24, 2.45) is 0 Å². The number of nitrogens with one attached hydrogen (secondary N) is 1. The molecule has 0 aliphatic rings. The van der Waals surface area contributed by atoms with Crippen molar-refractivity contribution < 1.29 is 0 Å². The first-order chi connectivity index (χ1) is 5.25. The maximum atomic E-state index is 4.96. The highest BCUT2D eigenvalue weighted by atomic mass is 79.9.